The van der Waals surface area contributed by atoms with Gasteiger partial charge in [-0.2, -0.15) is 4.98 Å². The third kappa shape index (κ3) is 2.05. The van der Waals surface area contributed by atoms with Gasteiger partial charge in [-0.15, -0.1) is 0 Å². The molecule has 6 heteroatoms. The molecule has 3 nitrogen and oxygen atoms in total. The number of benzene rings is 1. The zero-order chi connectivity index (χ0) is 11.7. The number of hydrogen-bond acceptors (Lipinski definition) is 3. The average molecular weight is 228 g/mol. The Morgan fingerprint density at radius 3 is 2.31 bits per heavy atom. The second-order valence-electron chi connectivity index (χ2n) is 3.25. The molecule has 1 aromatic heterocycles. The normalized spacial score (nSPS) is 10.8. The zero-order valence-electron chi connectivity index (χ0n) is 8.30. The topological polar surface area (TPSA) is 38.9 Å². The first-order valence-electron chi connectivity index (χ1n) is 4.49. The lowest BCUT2D eigenvalue weighted by atomic mass is 10.1. The van der Waals surface area contributed by atoms with Crippen molar-refractivity contribution in [1.82, 2.24) is 10.1 Å². The molecule has 1 heterocycles. The van der Waals surface area contributed by atoms with Gasteiger partial charge in [0.05, 0.1) is 0 Å². The molecule has 0 saturated carbocycles. The third-order valence-corrected chi connectivity index (χ3v) is 2.01. The first-order valence-corrected chi connectivity index (χ1v) is 4.49. The van der Waals surface area contributed by atoms with Crippen LogP contribution in [0.15, 0.2) is 16.7 Å². The summed E-state index contributed by atoms with van der Waals surface area (Å²) in [6.07, 6.45) is -0.171. The maximum Gasteiger partial charge on any atom is 0.223 e. The first-order chi connectivity index (χ1) is 7.56. The molecule has 2 aromatic rings. The van der Waals surface area contributed by atoms with E-state index in [4.69, 9.17) is 0 Å². The highest BCUT2D eigenvalue weighted by atomic mass is 19.1. The number of hydrogen-bond donors (Lipinski definition) is 0. The lowest BCUT2D eigenvalue weighted by molar-refractivity contribution is 0.388. The van der Waals surface area contributed by atoms with E-state index in [1.807, 2.05) is 0 Å². The highest BCUT2D eigenvalue weighted by Gasteiger charge is 2.14. The van der Waals surface area contributed by atoms with Gasteiger partial charge in [0.15, 0.2) is 5.82 Å². The standard InChI is InChI=1S/C10H7F3N2O/c1-5-14-10(15-16-5)4-7-8(12)2-6(11)3-9(7)13/h2-3H,4H2,1H3. The first kappa shape index (κ1) is 10.7. The van der Waals surface area contributed by atoms with Crippen LogP contribution < -0.4 is 0 Å². The van der Waals surface area contributed by atoms with Crippen molar-refractivity contribution in [3.63, 3.8) is 0 Å². The van der Waals surface area contributed by atoms with Crippen molar-refractivity contribution in [2.75, 3.05) is 0 Å². The van der Waals surface area contributed by atoms with E-state index in [1.54, 1.807) is 6.92 Å². The van der Waals surface area contributed by atoms with Crippen LogP contribution >= 0.6 is 0 Å². The fourth-order valence-corrected chi connectivity index (χ4v) is 1.31. The number of aromatic nitrogens is 2. The van der Waals surface area contributed by atoms with Gasteiger partial charge in [0, 0.05) is 31.0 Å². The fourth-order valence-electron chi connectivity index (χ4n) is 1.31. The highest BCUT2D eigenvalue weighted by Crippen LogP contribution is 2.17. The molecule has 0 unspecified atom stereocenters. The van der Waals surface area contributed by atoms with Gasteiger partial charge in [0.2, 0.25) is 5.89 Å². The average Bonchev–Trinajstić information content (AvgIpc) is 2.58. The lowest BCUT2D eigenvalue weighted by Crippen LogP contribution is -2.00. The summed E-state index contributed by atoms with van der Waals surface area (Å²) in [7, 11) is 0. The van der Waals surface area contributed by atoms with Crippen molar-refractivity contribution in [3.05, 3.63) is 46.9 Å². The van der Waals surface area contributed by atoms with Crippen LogP contribution in [0.2, 0.25) is 0 Å². The molecule has 0 saturated heterocycles. The Morgan fingerprint density at radius 2 is 1.81 bits per heavy atom. The van der Waals surface area contributed by atoms with Gasteiger partial charge in [-0.1, -0.05) is 5.16 Å². The molecule has 1 aromatic carbocycles. The maximum atomic E-state index is 13.2. The molecular weight excluding hydrogens is 221 g/mol. The molecule has 0 fully saturated rings. The molecule has 16 heavy (non-hydrogen) atoms. The highest BCUT2D eigenvalue weighted by molar-refractivity contribution is 5.23. The van der Waals surface area contributed by atoms with Crippen molar-refractivity contribution in [2.24, 2.45) is 0 Å². The summed E-state index contributed by atoms with van der Waals surface area (Å²) >= 11 is 0. The minimum atomic E-state index is -0.958. The Kier molecular flexibility index (Phi) is 2.64. The van der Waals surface area contributed by atoms with Crippen LogP contribution in [0.25, 0.3) is 0 Å². The Morgan fingerprint density at radius 1 is 1.19 bits per heavy atom. The van der Waals surface area contributed by atoms with Gasteiger partial charge >= 0.3 is 0 Å². The molecule has 2 rings (SSSR count). The molecule has 0 radical (unpaired) electrons. The summed E-state index contributed by atoms with van der Waals surface area (Å²) in [5.74, 6) is -2.41. The second kappa shape index (κ2) is 3.96. The SMILES string of the molecule is Cc1nc(Cc2c(F)cc(F)cc2F)no1. The molecule has 0 N–H and O–H groups in total. The lowest BCUT2D eigenvalue weighted by Gasteiger charge is -2.01. The quantitative estimate of drug-likeness (QED) is 0.792. The van der Waals surface area contributed by atoms with E-state index >= 15 is 0 Å². The van der Waals surface area contributed by atoms with Crippen LogP contribution in [0.3, 0.4) is 0 Å². The minimum Gasteiger partial charge on any atom is -0.340 e. The molecule has 0 amide bonds. The van der Waals surface area contributed by atoms with Gasteiger partial charge in [0.25, 0.3) is 0 Å². The third-order valence-electron chi connectivity index (χ3n) is 2.01. The van der Waals surface area contributed by atoms with Crippen LogP contribution in [-0.2, 0) is 6.42 Å². The smallest absolute Gasteiger partial charge is 0.223 e. The predicted molar refractivity (Wildman–Crippen MR) is 48.2 cm³/mol. The molecule has 0 spiro atoms. The molecule has 0 aliphatic heterocycles. The van der Waals surface area contributed by atoms with E-state index in [0.717, 1.165) is 0 Å². The summed E-state index contributed by atoms with van der Waals surface area (Å²) in [5.41, 5.74) is -0.276. The largest absolute Gasteiger partial charge is 0.340 e. The Labute approximate surface area is 88.9 Å². The van der Waals surface area contributed by atoms with E-state index in [0.29, 0.717) is 18.0 Å². The summed E-state index contributed by atoms with van der Waals surface area (Å²) in [5, 5.41) is 3.50. The van der Waals surface area contributed by atoms with E-state index < -0.39 is 17.5 Å². The van der Waals surface area contributed by atoms with Crippen molar-refractivity contribution >= 4 is 0 Å². The van der Waals surface area contributed by atoms with Gasteiger partial charge in [0.1, 0.15) is 17.5 Å². The summed E-state index contributed by atoms with van der Waals surface area (Å²) < 4.78 is 43.8. The van der Waals surface area contributed by atoms with Crippen LogP contribution in [0.5, 0.6) is 0 Å². The number of rotatable bonds is 2. The molecule has 0 atom stereocenters. The zero-order valence-corrected chi connectivity index (χ0v) is 8.30. The van der Waals surface area contributed by atoms with Gasteiger partial charge in [-0.05, 0) is 0 Å². The van der Waals surface area contributed by atoms with Gasteiger partial charge in [-0.3, -0.25) is 0 Å². The van der Waals surface area contributed by atoms with Crippen LogP contribution in [0, 0.1) is 24.4 Å². The Balaban J connectivity index is 2.34. The number of aryl methyl sites for hydroxylation is 1. The van der Waals surface area contributed by atoms with Crippen LogP contribution in [0.1, 0.15) is 17.3 Å². The minimum absolute atomic E-state index is 0.155. The molecule has 0 aliphatic rings. The molecule has 0 bridgehead atoms. The number of nitrogens with zero attached hydrogens (tertiary/aromatic N) is 2. The fraction of sp³-hybridized carbons (Fsp3) is 0.200. The molecular formula is C10H7F3N2O. The molecule has 0 aliphatic carbocycles. The van der Waals surface area contributed by atoms with E-state index in [-0.39, 0.29) is 17.8 Å². The van der Waals surface area contributed by atoms with Gasteiger partial charge < -0.3 is 4.52 Å². The predicted octanol–water partition coefficient (Wildman–Crippen LogP) is 2.39. The molecule has 84 valence electrons. The maximum absolute atomic E-state index is 13.2. The van der Waals surface area contributed by atoms with E-state index in [9.17, 15) is 13.2 Å². The van der Waals surface area contributed by atoms with Crippen molar-refractivity contribution in [2.45, 2.75) is 13.3 Å². The van der Waals surface area contributed by atoms with Crippen molar-refractivity contribution in [3.8, 4) is 0 Å². The number of halogens is 3. The van der Waals surface area contributed by atoms with Crippen LogP contribution in [-0.4, -0.2) is 10.1 Å². The Hall–Kier alpha value is -1.85. The second-order valence-corrected chi connectivity index (χ2v) is 3.25. The van der Waals surface area contributed by atoms with E-state index in [1.165, 1.54) is 0 Å². The summed E-state index contributed by atoms with van der Waals surface area (Å²) in [4.78, 5) is 3.81. The summed E-state index contributed by atoms with van der Waals surface area (Å²) in [6, 6.07) is 1.23. The van der Waals surface area contributed by atoms with Gasteiger partial charge in [-0.25, -0.2) is 13.2 Å². The van der Waals surface area contributed by atoms with Crippen LogP contribution in [0.4, 0.5) is 13.2 Å². The van der Waals surface area contributed by atoms with Crippen molar-refractivity contribution in [1.29, 1.82) is 0 Å². The van der Waals surface area contributed by atoms with E-state index in [2.05, 4.69) is 14.7 Å². The Bertz CT molecular complexity index is 502. The van der Waals surface area contributed by atoms with Crippen molar-refractivity contribution < 1.29 is 17.7 Å². The monoisotopic (exact) mass is 228 g/mol. The summed E-state index contributed by atoms with van der Waals surface area (Å²) in [6.45, 7) is 1.56.